The molecule has 0 fully saturated rings. The van der Waals surface area contributed by atoms with Gasteiger partial charge in [-0.1, -0.05) is 48.0 Å². The molecule has 2 N–H and O–H groups in total. The maximum Gasteiger partial charge on any atom is 0.256 e. The van der Waals surface area contributed by atoms with Crippen molar-refractivity contribution in [2.75, 3.05) is 24.3 Å². The lowest BCUT2D eigenvalue weighted by atomic mass is 9.90. The van der Waals surface area contributed by atoms with Crippen LogP contribution in [0.4, 0.5) is 11.4 Å². The molecule has 0 bridgehead atoms. The van der Waals surface area contributed by atoms with Gasteiger partial charge in [0.15, 0.2) is 0 Å². The summed E-state index contributed by atoms with van der Waals surface area (Å²) < 4.78 is 5.67. The lowest BCUT2D eigenvalue weighted by Crippen LogP contribution is -2.21. The highest BCUT2D eigenvalue weighted by Crippen LogP contribution is 2.31. The Kier molecular flexibility index (Phi) is 7.81. The van der Waals surface area contributed by atoms with Crippen LogP contribution in [0.3, 0.4) is 0 Å². The minimum absolute atomic E-state index is 0.157. The van der Waals surface area contributed by atoms with Gasteiger partial charge in [-0.25, -0.2) is 0 Å². The van der Waals surface area contributed by atoms with Gasteiger partial charge >= 0.3 is 0 Å². The number of hydrogen-bond acceptors (Lipinski definition) is 4. The van der Waals surface area contributed by atoms with E-state index in [1.807, 2.05) is 92.8 Å². The molecule has 0 spiro atoms. The zero-order valence-electron chi connectivity index (χ0n) is 21.3. The maximum atomic E-state index is 13.5. The Morgan fingerprint density at radius 2 is 1.64 bits per heavy atom. The lowest BCUT2D eigenvalue weighted by Gasteiger charge is -2.25. The van der Waals surface area contributed by atoms with Crippen molar-refractivity contribution in [2.45, 2.75) is 32.8 Å². The summed E-state index contributed by atoms with van der Waals surface area (Å²) in [4.78, 5) is 17.8. The number of nitrogens with zero attached hydrogens (tertiary/aromatic N) is 1. The average molecular weight is 480 g/mol. The van der Waals surface area contributed by atoms with Gasteiger partial charge in [0, 0.05) is 48.9 Å². The molecule has 0 aliphatic carbocycles. The first kappa shape index (κ1) is 25.1. The summed E-state index contributed by atoms with van der Waals surface area (Å²) in [6, 6.07) is 27.9. The van der Waals surface area contributed by atoms with E-state index < -0.39 is 5.60 Å². The molecular formula is C31H33N3O2. The molecule has 1 amide bonds. The third kappa shape index (κ3) is 6.18. The Morgan fingerprint density at radius 1 is 0.917 bits per heavy atom. The second-order valence-corrected chi connectivity index (χ2v) is 9.37. The second-order valence-electron chi connectivity index (χ2n) is 9.37. The molecule has 184 valence electrons. The average Bonchev–Trinajstić information content (AvgIpc) is 2.90. The van der Waals surface area contributed by atoms with Gasteiger partial charge in [0.2, 0.25) is 0 Å². The van der Waals surface area contributed by atoms with Crippen LogP contribution in [0, 0.1) is 6.92 Å². The quantitative estimate of drug-likeness (QED) is 0.276. The van der Waals surface area contributed by atoms with Gasteiger partial charge in [-0.2, -0.15) is 0 Å². The number of benzene rings is 3. The van der Waals surface area contributed by atoms with Crippen LogP contribution in [0.1, 0.15) is 41.0 Å². The fourth-order valence-corrected chi connectivity index (χ4v) is 3.96. The van der Waals surface area contributed by atoms with E-state index in [1.165, 1.54) is 5.56 Å². The van der Waals surface area contributed by atoms with Crippen LogP contribution in [0.15, 0.2) is 91.1 Å². The molecule has 1 aromatic heterocycles. The van der Waals surface area contributed by atoms with Gasteiger partial charge in [0.25, 0.3) is 5.91 Å². The molecule has 1 heterocycles. The number of carbonyl (C=O) groups excluding carboxylic acids is 1. The number of aromatic nitrogens is 1. The van der Waals surface area contributed by atoms with E-state index in [0.717, 1.165) is 46.7 Å². The van der Waals surface area contributed by atoms with Crippen molar-refractivity contribution in [3.63, 3.8) is 0 Å². The van der Waals surface area contributed by atoms with Crippen molar-refractivity contribution < 1.29 is 9.53 Å². The number of hydrogen-bond donors (Lipinski definition) is 2. The van der Waals surface area contributed by atoms with Gasteiger partial charge in [0.1, 0.15) is 0 Å². The van der Waals surface area contributed by atoms with Crippen molar-refractivity contribution in [3.8, 4) is 11.1 Å². The highest BCUT2D eigenvalue weighted by Gasteiger charge is 2.23. The Morgan fingerprint density at radius 3 is 2.31 bits per heavy atom. The van der Waals surface area contributed by atoms with E-state index in [1.54, 1.807) is 7.11 Å². The van der Waals surface area contributed by atoms with E-state index in [-0.39, 0.29) is 5.91 Å². The third-order valence-electron chi connectivity index (χ3n) is 6.41. The summed E-state index contributed by atoms with van der Waals surface area (Å²) >= 11 is 0. The first-order chi connectivity index (χ1) is 17.4. The first-order valence-corrected chi connectivity index (χ1v) is 12.2. The highest BCUT2D eigenvalue weighted by molar-refractivity contribution is 6.09. The molecular weight excluding hydrogens is 446 g/mol. The summed E-state index contributed by atoms with van der Waals surface area (Å²) in [6.45, 7) is 6.83. The number of pyridine rings is 1. The molecule has 4 aromatic rings. The summed E-state index contributed by atoms with van der Waals surface area (Å²) in [7, 11) is 1.68. The van der Waals surface area contributed by atoms with Crippen molar-refractivity contribution in [3.05, 3.63) is 114 Å². The number of rotatable bonds is 9. The summed E-state index contributed by atoms with van der Waals surface area (Å²) in [5.74, 6) is -0.157. The molecule has 0 atom stereocenters. The van der Waals surface area contributed by atoms with E-state index in [0.29, 0.717) is 5.56 Å². The molecule has 36 heavy (non-hydrogen) atoms. The minimum Gasteiger partial charge on any atom is -0.385 e. The molecule has 4 rings (SSSR count). The van der Waals surface area contributed by atoms with Crippen molar-refractivity contribution in [1.82, 2.24) is 4.98 Å². The number of ether oxygens (including phenoxy) is 1. The SMILES string of the molecule is COC(C)(C)c1ccc(-c2ccc(C)cc2)c(C(=O)Nc2ccc(NCCc3ccccn3)cc2)c1. The van der Waals surface area contributed by atoms with Gasteiger partial charge in [-0.3, -0.25) is 9.78 Å². The number of amides is 1. The normalized spacial score (nSPS) is 11.2. The van der Waals surface area contributed by atoms with Crippen LogP contribution in [0.5, 0.6) is 0 Å². The minimum atomic E-state index is -0.510. The molecule has 0 aliphatic rings. The zero-order valence-corrected chi connectivity index (χ0v) is 21.3. The van der Waals surface area contributed by atoms with Gasteiger partial charge in [-0.05, 0) is 79.9 Å². The Bertz CT molecular complexity index is 1300. The molecule has 3 aromatic carbocycles. The van der Waals surface area contributed by atoms with Crippen molar-refractivity contribution in [1.29, 1.82) is 0 Å². The molecule has 5 nitrogen and oxygen atoms in total. The van der Waals surface area contributed by atoms with Crippen LogP contribution in [0.2, 0.25) is 0 Å². The molecule has 0 saturated carbocycles. The highest BCUT2D eigenvalue weighted by atomic mass is 16.5. The van der Waals surface area contributed by atoms with E-state index in [9.17, 15) is 4.79 Å². The Hall–Kier alpha value is -3.96. The van der Waals surface area contributed by atoms with Crippen LogP contribution in [0.25, 0.3) is 11.1 Å². The van der Waals surface area contributed by atoms with Gasteiger partial charge in [0.05, 0.1) is 5.60 Å². The van der Waals surface area contributed by atoms with Crippen LogP contribution < -0.4 is 10.6 Å². The van der Waals surface area contributed by atoms with Gasteiger partial charge < -0.3 is 15.4 Å². The van der Waals surface area contributed by atoms with Crippen molar-refractivity contribution >= 4 is 17.3 Å². The fourth-order valence-electron chi connectivity index (χ4n) is 3.96. The summed E-state index contributed by atoms with van der Waals surface area (Å²) in [5, 5.41) is 6.47. The smallest absolute Gasteiger partial charge is 0.256 e. The molecule has 5 heteroatoms. The number of aryl methyl sites for hydroxylation is 1. The number of carbonyl (C=O) groups is 1. The van der Waals surface area contributed by atoms with Crippen LogP contribution in [-0.4, -0.2) is 24.5 Å². The molecule has 0 saturated heterocycles. The number of methoxy groups -OCH3 is 1. The largest absolute Gasteiger partial charge is 0.385 e. The number of anilines is 2. The summed E-state index contributed by atoms with van der Waals surface area (Å²) in [5.41, 5.74) is 6.89. The fraction of sp³-hybridized carbons (Fsp3) is 0.226. The zero-order chi connectivity index (χ0) is 25.5. The maximum absolute atomic E-state index is 13.5. The van der Waals surface area contributed by atoms with E-state index in [4.69, 9.17) is 4.74 Å². The monoisotopic (exact) mass is 479 g/mol. The second kappa shape index (κ2) is 11.2. The summed E-state index contributed by atoms with van der Waals surface area (Å²) in [6.07, 6.45) is 2.65. The third-order valence-corrected chi connectivity index (χ3v) is 6.41. The Labute approximate surface area is 213 Å². The van der Waals surface area contributed by atoms with Gasteiger partial charge in [-0.15, -0.1) is 0 Å². The van der Waals surface area contributed by atoms with E-state index >= 15 is 0 Å². The lowest BCUT2D eigenvalue weighted by molar-refractivity contribution is 0.0192. The predicted octanol–water partition coefficient (Wildman–Crippen LogP) is 6.85. The van der Waals surface area contributed by atoms with Crippen LogP contribution >= 0.6 is 0 Å². The number of nitrogens with one attached hydrogen (secondary N) is 2. The first-order valence-electron chi connectivity index (χ1n) is 12.2. The predicted molar refractivity (Wildman–Crippen MR) is 147 cm³/mol. The molecule has 0 aliphatic heterocycles. The molecule has 0 radical (unpaired) electrons. The van der Waals surface area contributed by atoms with Crippen molar-refractivity contribution in [2.24, 2.45) is 0 Å². The van der Waals surface area contributed by atoms with E-state index in [2.05, 4.69) is 34.7 Å². The Balaban J connectivity index is 1.51. The topological polar surface area (TPSA) is 63.2 Å². The van der Waals surface area contributed by atoms with Crippen LogP contribution in [-0.2, 0) is 16.8 Å². The standard InChI is InChI=1S/C31H33N3O2/c1-22-8-10-23(11-9-22)28-17-12-24(31(2,3)36-4)21-29(28)30(35)34-27-15-13-26(14-16-27)33-20-18-25-7-5-6-19-32-25/h5-17,19,21,33H,18,20H2,1-4H3,(H,34,35). The molecule has 0 unspecified atom stereocenters.